The van der Waals surface area contributed by atoms with E-state index in [-0.39, 0.29) is 23.3 Å². The Morgan fingerprint density at radius 3 is 2.46 bits per heavy atom. The number of aromatic nitrogens is 1. The maximum Gasteiger partial charge on any atom is 0.265 e. The zero-order valence-corrected chi connectivity index (χ0v) is 20.5. The summed E-state index contributed by atoms with van der Waals surface area (Å²) in [6, 6.07) is 12.3. The maximum atomic E-state index is 13.1. The molecular formula is C25H24ClN5O3S. The predicted octanol–water partition coefficient (Wildman–Crippen LogP) is 3.86. The van der Waals surface area contributed by atoms with Crippen LogP contribution in [0.4, 0.5) is 11.4 Å². The number of imide groups is 1. The van der Waals surface area contributed by atoms with Gasteiger partial charge in [-0.25, -0.2) is 0 Å². The standard InChI is InChI=1S/C25H24ClN5O3S/c26-21-6-5-20(35-21)23(32)28-19-4-1-3-18-22(19)25(34)31(24(18)33)12-2-11-29-13-15-30(16-14-29)17-7-9-27-10-8-17/h1,3-10H,2,11-16H2,(H,28,32). The molecule has 5 rings (SSSR count). The molecule has 8 nitrogen and oxygen atoms in total. The first-order valence-corrected chi connectivity index (χ1v) is 12.6. The molecule has 0 saturated carbocycles. The van der Waals surface area contributed by atoms with E-state index in [1.54, 1.807) is 42.7 Å². The summed E-state index contributed by atoms with van der Waals surface area (Å²) in [6.07, 6.45) is 4.30. The number of anilines is 2. The van der Waals surface area contributed by atoms with Gasteiger partial charge in [-0.1, -0.05) is 17.7 Å². The quantitative estimate of drug-likeness (QED) is 0.487. The summed E-state index contributed by atoms with van der Waals surface area (Å²) in [7, 11) is 0. The van der Waals surface area contributed by atoms with Crippen molar-refractivity contribution in [3.8, 4) is 0 Å². The molecule has 0 atom stereocenters. The van der Waals surface area contributed by atoms with E-state index in [4.69, 9.17) is 11.6 Å². The fourth-order valence-electron chi connectivity index (χ4n) is 4.50. The highest BCUT2D eigenvalue weighted by Gasteiger charge is 2.37. The van der Waals surface area contributed by atoms with E-state index in [9.17, 15) is 14.4 Å². The molecule has 0 aliphatic carbocycles. The van der Waals surface area contributed by atoms with Gasteiger partial charge in [0.05, 0.1) is 26.0 Å². The second-order valence-corrected chi connectivity index (χ2v) is 10.2. The summed E-state index contributed by atoms with van der Waals surface area (Å²) in [6.45, 7) is 4.84. The van der Waals surface area contributed by atoms with Crippen LogP contribution in [0.2, 0.25) is 4.34 Å². The van der Waals surface area contributed by atoms with Crippen molar-refractivity contribution in [3.63, 3.8) is 0 Å². The first kappa shape index (κ1) is 23.5. The number of nitrogens with zero attached hydrogens (tertiary/aromatic N) is 4. The number of rotatable bonds is 7. The lowest BCUT2D eigenvalue weighted by molar-refractivity contribution is 0.0647. The Morgan fingerprint density at radius 1 is 0.971 bits per heavy atom. The third-order valence-corrected chi connectivity index (χ3v) is 7.53. The number of fused-ring (bicyclic) bond motifs is 1. The molecule has 1 N–H and O–H groups in total. The Morgan fingerprint density at radius 2 is 1.74 bits per heavy atom. The summed E-state index contributed by atoms with van der Waals surface area (Å²) < 4.78 is 0.504. The molecular weight excluding hydrogens is 486 g/mol. The number of nitrogens with one attached hydrogen (secondary N) is 1. The van der Waals surface area contributed by atoms with Crippen molar-refractivity contribution in [1.82, 2.24) is 14.8 Å². The first-order valence-electron chi connectivity index (χ1n) is 11.4. The smallest absolute Gasteiger partial charge is 0.265 e. The molecule has 0 bridgehead atoms. The molecule has 0 spiro atoms. The second-order valence-electron chi connectivity index (χ2n) is 8.44. The first-order chi connectivity index (χ1) is 17.0. The van der Waals surface area contributed by atoms with Crippen molar-refractivity contribution in [1.29, 1.82) is 0 Å². The van der Waals surface area contributed by atoms with E-state index < -0.39 is 0 Å². The molecule has 0 unspecified atom stereocenters. The Kier molecular flexibility index (Phi) is 6.81. The highest BCUT2D eigenvalue weighted by molar-refractivity contribution is 7.18. The summed E-state index contributed by atoms with van der Waals surface area (Å²) in [5.74, 6) is -1.05. The van der Waals surface area contributed by atoms with E-state index in [1.165, 1.54) is 10.6 Å². The van der Waals surface area contributed by atoms with E-state index in [1.807, 2.05) is 12.1 Å². The highest BCUT2D eigenvalue weighted by atomic mass is 35.5. The van der Waals surface area contributed by atoms with Crippen molar-refractivity contribution in [3.05, 3.63) is 75.2 Å². The van der Waals surface area contributed by atoms with Gasteiger partial charge in [-0.3, -0.25) is 29.2 Å². The number of carbonyl (C=O) groups is 3. The van der Waals surface area contributed by atoms with E-state index in [0.29, 0.717) is 33.4 Å². The van der Waals surface area contributed by atoms with Gasteiger partial charge in [-0.05, 0) is 49.4 Å². The van der Waals surface area contributed by atoms with Crippen LogP contribution in [0.1, 0.15) is 36.8 Å². The van der Waals surface area contributed by atoms with Crippen LogP contribution in [-0.2, 0) is 0 Å². The lowest BCUT2D eigenvalue weighted by Crippen LogP contribution is -2.47. The van der Waals surface area contributed by atoms with Crippen molar-refractivity contribution >= 4 is 52.0 Å². The van der Waals surface area contributed by atoms with Crippen LogP contribution >= 0.6 is 22.9 Å². The third kappa shape index (κ3) is 4.93. The maximum absolute atomic E-state index is 13.1. The van der Waals surface area contributed by atoms with Gasteiger partial charge in [0.2, 0.25) is 0 Å². The van der Waals surface area contributed by atoms with E-state index in [2.05, 4.69) is 20.1 Å². The van der Waals surface area contributed by atoms with Crippen LogP contribution < -0.4 is 10.2 Å². The largest absolute Gasteiger partial charge is 0.369 e. The van der Waals surface area contributed by atoms with Gasteiger partial charge in [0.1, 0.15) is 0 Å². The minimum atomic E-state index is -0.368. The fourth-order valence-corrected chi connectivity index (χ4v) is 5.44. The highest BCUT2D eigenvalue weighted by Crippen LogP contribution is 2.31. The molecule has 3 amide bonds. The van der Waals surface area contributed by atoms with Gasteiger partial charge in [-0.15, -0.1) is 11.3 Å². The van der Waals surface area contributed by atoms with Crippen LogP contribution in [0.25, 0.3) is 0 Å². The number of carbonyl (C=O) groups excluding carboxylic acids is 3. The zero-order chi connectivity index (χ0) is 24.4. The summed E-state index contributed by atoms with van der Waals surface area (Å²) >= 11 is 7.08. The second kappa shape index (κ2) is 10.2. The van der Waals surface area contributed by atoms with Crippen LogP contribution in [0.5, 0.6) is 0 Å². The number of pyridine rings is 1. The average molecular weight is 510 g/mol. The SMILES string of the molecule is O=C(Nc1cccc2c1C(=O)N(CCCN1CCN(c3ccncc3)CC1)C2=O)c1ccc(Cl)s1. The molecule has 180 valence electrons. The molecule has 0 radical (unpaired) electrons. The normalized spacial score (nSPS) is 16.0. The number of halogens is 1. The zero-order valence-electron chi connectivity index (χ0n) is 18.9. The Labute approximate surface area is 212 Å². The minimum Gasteiger partial charge on any atom is -0.369 e. The van der Waals surface area contributed by atoms with Crippen LogP contribution in [-0.4, -0.2) is 71.8 Å². The summed E-state index contributed by atoms with van der Waals surface area (Å²) in [5.41, 5.74) is 2.09. The van der Waals surface area contributed by atoms with Gasteiger partial charge >= 0.3 is 0 Å². The third-order valence-electron chi connectivity index (χ3n) is 6.30. The molecule has 2 aromatic heterocycles. The number of piperazine rings is 1. The molecule has 10 heteroatoms. The minimum absolute atomic E-state index is 0.250. The van der Waals surface area contributed by atoms with E-state index >= 15 is 0 Å². The Bertz CT molecular complexity index is 1260. The predicted molar refractivity (Wildman–Crippen MR) is 137 cm³/mol. The molecule has 1 aromatic carbocycles. The molecule has 2 aliphatic heterocycles. The van der Waals surface area contributed by atoms with Gasteiger partial charge < -0.3 is 10.2 Å². The number of hydrogen-bond acceptors (Lipinski definition) is 7. The topological polar surface area (TPSA) is 85.8 Å². The van der Waals surface area contributed by atoms with Crippen molar-refractivity contribution in [2.75, 3.05) is 49.5 Å². The summed E-state index contributed by atoms with van der Waals surface area (Å²) in [5, 5.41) is 2.77. The summed E-state index contributed by atoms with van der Waals surface area (Å²) in [4.78, 5) is 49.2. The van der Waals surface area contributed by atoms with Gasteiger partial charge in [0.25, 0.3) is 17.7 Å². The Balaban J connectivity index is 1.17. The number of amides is 3. The lowest BCUT2D eigenvalue weighted by Gasteiger charge is -2.36. The average Bonchev–Trinajstić information content (AvgIpc) is 3.42. The fraction of sp³-hybridized carbons (Fsp3) is 0.280. The van der Waals surface area contributed by atoms with Crippen molar-refractivity contribution in [2.45, 2.75) is 6.42 Å². The van der Waals surface area contributed by atoms with Gasteiger partial charge in [0, 0.05) is 50.8 Å². The monoisotopic (exact) mass is 509 g/mol. The number of benzene rings is 1. The van der Waals surface area contributed by atoms with Crippen molar-refractivity contribution < 1.29 is 14.4 Å². The van der Waals surface area contributed by atoms with Gasteiger partial charge in [-0.2, -0.15) is 0 Å². The van der Waals surface area contributed by atoms with Crippen molar-refractivity contribution in [2.24, 2.45) is 0 Å². The lowest BCUT2D eigenvalue weighted by atomic mass is 10.1. The number of hydrogen-bond donors (Lipinski definition) is 1. The number of thiophene rings is 1. The molecule has 35 heavy (non-hydrogen) atoms. The van der Waals surface area contributed by atoms with E-state index in [0.717, 1.165) is 44.1 Å². The van der Waals surface area contributed by atoms with Crippen LogP contribution in [0, 0.1) is 0 Å². The molecule has 1 saturated heterocycles. The molecule has 1 fully saturated rings. The molecule has 2 aliphatic rings. The molecule has 3 aromatic rings. The Hall–Kier alpha value is -3.27. The van der Waals surface area contributed by atoms with Crippen LogP contribution in [0.3, 0.4) is 0 Å². The van der Waals surface area contributed by atoms with Crippen LogP contribution in [0.15, 0.2) is 54.9 Å². The molecule has 4 heterocycles. The van der Waals surface area contributed by atoms with Gasteiger partial charge in [0.15, 0.2) is 0 Å².